The maximum Gasteiger partial charge on any atom is 0.175 e. The van der Waals surface area contributed by atoms with Crippen LogP contribution in [0.25, 0.3) is 0 Å². The highest BCUT2D eigenvalue weighted by Gasteiger charge is 2.05. The highest BCUT2D eigenvalue weighted by atomic mass is 35.5. The molecule has 1 rings (SSSR count). The molecule has 0 unspecified atom stereocenters. The Balaban J connectivity index is 0.00000121. The molecule has 0 bridgehead atoms. The molecule has 0 aliphatic rings. The Morgan fingerprint density at radius 2 is 1.58 bits per heavy atom. The van der Waals surface area contributed by atoms with Crippen LogP contribution >= 0.6 is 0 Å². The second-order valence-corrected chi connectivity index (χ2v) is 4.43. The van der Waals surface area contributed by atoms with Gasteiger partial charge in [0.1, 0.15) is 5.69 Å². The summed E-state index contributed by atoms with van der Waals surface area (Å²) in [5.74, 6) is 0. The van der Waals surface area contributed by atoms with Crippen molar-refractivity contribution >= 4 is 15.5 Å². The van der Waals surface area contributed by atoms with Crippen molar-refractivity contribution in [1.29, 1.82) is 0 Å². The van der Waals surface area contributed by atoms with E-state index in [0.717, 1.165) is 5.69 Å². The minimum atomic E-state index is -3.05. The van der Waals surface area contributed by atoms with Crippen LogP contribution in [0.15, 0.2) is 29.2 Å². The molecule has 0 radical (unpaired) electrons. The van der Waals surface area contributed by atoms with E-state index < -0.39 is 9.84 Å². The number of benzene rings is 1. The van der Waals surface area contributed by atoms with Crippen molar-refractivity contribution in [2.75, 3.05) is 6.26 Å². The molecule has 0 amide bonds. The molecule has 0 aromatic heterocycles. The molecule has 0 saturated carbocycles. The second-order valence-electron chi connectivity index (χ2n) is 2.42. The van der Waals surface area contributed by atoms with Crippen LogP contribution in [0, 0.1) is 0 Å². The van der Waals surface area contributed by atoms with Crippen molar-refractivity contribution < 1.29 is 26.6 Å². The van der Waals surface area contributed by atoms with Crippen molar-refractivity contribution in [1.82, 2.24) is 0 Å². The summed E-state index contributed by atoms with van der Waals surface area (Å²) >= 11 is 0. The predicted octanol–water partition coefficient (Wildman–Crippen LogP) is -3.03. The molecule has 0 heterocycles. The third-order valence-corrected chi connectivity index (χ3v) is 2.48. The lowest BCUT2D eigenvalue weighted by atomic mass is 10.3. The third-order valence-electron chi connectivity index (χ3n) is 1.35. The van der Waals surface area contributed by atoms with Crippen LogP contribution in [0.2, 0.25) is 0 Å². The van der Waals surface area contributed by atoms with E-state index >= 15 is 0 Å². The van der Waals surface area contributed by atoms with Gasteiger partial charge in [0.2, 0.25) is 0 Å². The largest absolute Gasteiger partial charge is 1.00 e. The molecular formula is C7H10ClNO2S. The zero-order valence-corrected chi connectivity index (χ0v) is 8.19. The van der Waals surface area contributed by atoms with Crippen LogP contribution in [0.5, 0.6) is 0 Å². The Morgan fingerprint density at radius 1 is 1.17 bits per heavy atom. The molecule has 68 valence electrons. The van der Waals surface area contributed by atoms with E-state index in [9.17, 15) is 8.42 Å². The minimum Gasteiger partial charge on any atom is -1.00 e. The smallest absolute Gasteiger partial charge is 0.175 e. The average molecular weight is 208 g/mol. The monoisotopic (exact) mass is 207 g/mol. The lowest BCUT2D eigenvalue weighted by Gasteiger charge is -1.95. The fourth-order valence-corrected chi connectivity index (χ4v) is 1.37. The maximum atomic E-state index is 10.9. The number of halogens is 1. The Morgan fingerprint density at radius 3 is 1.92 bits per heavy atom. The van der Waals surface area contributed by atoms with Gasteiger partial charge in [-0.15, -0.1) is 0 Å². The first-order chi connectivity index (χ1) is 5.00. The van der Waals surface area contributed by atoms with Crippen molar-refractivity contribution in [3.05, 3.63) is 24.3 Å². The van der Waals surface area contributed by atoms with Crippen LogP contribution in [0.4, 0.5) is 5.69 Å². The van der Waals surface area contributed by atoms with Gasteiger partial charge >= 0.3 is 0 Å². The van der Waals surface area contributed by atoms with Gasteiger partial charge in [-0.25, -0.2) is 8.42 Å². The zero-order valence-electron chi connectivity index (χ0n) is 6.62. The van der Waals surface area contributed by atoms with Crippen molar-refractivity contribution in [3.63, 3.8) is 0 Å². The number of sulfone groups is 1. The van der Waals surface area contributed by atoms with Gasteiger partial charge in [0.05, 0.1) is 4.90 Å². The Hall–Kier alpha value is -0.580. The van der Waals surface area contributed by atoms with Gasteiger partial charge in [0, 0.05) is 18.4 Å². The summed E-state index contributed by atoms with van der Waals surface area (Å²) in [6.07, 6.45) is 1.19. The molecule has 0 aliphatic heterocycles. The summed E-state index contributed by atoms with van der Waals surface area (Å²) in [5, 5.41) is 0. The fraction of sp³-hybridized carbons (Fsp3) is 0.143. The second kappa shape index (κ2) is 3.89. The summed E-state index contributed by atoms with van der Waals surface area (Å²) in [4.78, 5) is 0.338. The molecule has 0 saturated heterocycles. The summed E-state index contributed by atoms with van der Waals surface area (Å²) < 4.78 is 21.8. The molecule has 3 N–H and O–H groups in total. The highest BCUT2D eigenvalue weighted by molar-refractivity contribution is 7.90. The Labute approximate surface area is 77.9 Å². The first-order valence-electron chi connectivity index (χ1n) is 3.12. The van der Waals surface area contributed by atoms with Crippen molar-refractivity contribution in [2.24, 2.45) is 0 Å². The minimum absolute atomic E-state index is 0. The van der Waals surface area contributed by atoms with Gasteiger partial charge in [-0.3, -0.25) is 0 Å². The molecule has 0 fully saturated rings. The molecule has 0 atom stereocenters. The van der Waals surface area contributed by atoms with Gasteiger partial charge in [-0.2, -0.15) is 0 Å². The van der Waals surface area contributed by atoms with Crippen molar-refractivity contribution in [3.8, 4) is 0 Å². The van der Waals surface area contributed by atoms with E-state index in [1.54, 1.807) is 24.3 Å². The number of hydrogen-bond acceptors (Lipinski definition) is 2. The predicted molar refractivity (Wildman–Crippen MR) is 42.1 cm³/mol. The number of rotatable bonds is 1. The molecule has 1 aromatic carbocycles. The van der Waals surface area contributed by atoms with E-state index in [1.807, 2.05) is 0 Å². The Bertz CT molecular complexity index is 344. The van der Waals surface area contributed by atoms with Crippen molar-refractivity contribution in [2.45, 2.75) is 4.90 Å². The number of hydrogen-bond donors (Lipinski definition) is 1. The van der Waals surface area contributed by atoms with Crippen LogP contribution in [0.1, 0.15) is 0 Å². The van der Waals surface area contributed by atoms with E-state index in [4.69, 9.17) is 0 Å². The topological polar surface area (TPSA) is 61.8 Å². The first kappa shape index (κ1) is 11.4. The SMILES string of the molecule is CS(=O)(=O)c1ccc([NH3+])cc1.[Cl-]. The van der Waals surface area contributed by atoms with E-state index in [1.165, 1.54) is 6.26 Å². The quantitative estimate of drug-likeness (QED) is 0.533. The summed E-state index contributed by atoms with van der Waals surface area (Å²) in [7, 11) is -3.05. The van der Waals surface area contributed by atoms with Crippen LogP contribution in [-0.2, 0) is 9.84 Å². The molecular weight excluding hydrogens is 198 g/mol. The van der Waals surface area contributed by atoms with Crippen LogP contribution < -0.4 is 18.1 Å². The zero-order chi connectivity index (χ0) is 8.48. The summed E-state index contributed by atoms with van der Waals surface area (Å²) in [6.45, 7) is 0. The maximum absolute atomic E-state index is 10.9. The standard InChI is InChI=1S/C7H9NO2S.ClH/c1-11(9,10)7-4-2-6(8)3-5-7;/h2-5H,8H2,1H3;1H. The summed E-state index contributed by atoms with van der Waals surface area (Å²) in [5.41, 5.74) is 4.47. The number of quaternary nitrogens is 1. The molecule has 1 aromatic rings. The van der Waals surface area contributed by atoms with E-state index in [0.29, 0.717) is 4.90 Å². The summed E-state index contributed by atoms with van der Waals surface area (Å²) in [6, 6.07) is 6.46. The van der Waals surface area contributed by atoms with Gasteiger partial charge in [0.15, 0.2) is 9.84 Å². The molecule has 0 aliphatic carbocycles. The molecule has 5 heteroatoms. The first-order valence-corrected chi connectivity index (χ1v) is 5.01. The normalized spacial score (nSPS) is 10.5. The van der Waals surface area contributed by atoms with Gasteiger partial charge in [0.25, 0.3) is 0 Å². The third kappa shape index (κ3) is 2.81. The lowest BCUT2D eigenvalue weighted by molar-refractivity contribution is -0.254. The van der Waals surface area contributed by atoms with E-state index in [-0.39, 0.29) is 12.4 Å². The molecule has 12 heavy (non-hydrogen) atoms. The lowest BCUT2D eigenvalue weighted by Crippen LogP contribution is -3.00. The fourth-order valence-electron chi connectivity index (χ4n) is 0.737. The van der Waals surface area contributed by atoms with Gasteiger partial charge in [-0.1, -0.05) is 0 Å². The molecule has 0 spiro atoms. The average Bonchev–Trinajstić information content (AvgIpc) is 1.86. The van der Waals surface area contributed by atoms with Crippen LogP contribution in [-0.4, -0.2) is 14.7 Å². The molecule has 3 nitrogen and oxygen atoms in total. The van der Waals surface area contributed by atoms with Gasteiger partial charge < -0.3 is 18.1 Å². The highest BCUT2D eigenvalue weighted by Crippen LogP contribution is 2.09. The van der Waals surface area contributed by atoms with E-state index in [2.05, 4.69) is 5.73 Å². The van der Waals surface area contributed by atoms with Crippen LogP contribution in [0.3, 0.4) is 0 Å². The Kier molecular flexibility index (Phi) is 3.70. The van der Waals surface area contributed by atoms with Gasteiger partial charge in [-0.05, 0) is 12.1 Å².